The molecule has 0 amide bonds. The highest BCUT2D eigenvalue weighted by atomic mass is 19.4. The number of hydrogen-bond donors (Lipinski definition) is 2. The van der Waals surface area contributed by atoms with Gasteiger partial charge in [-0.2, -0.15) is 13.2 Å². The Bertz CT molecular complexity index is 772. The minimum Gasteiger partial charge on any atom is -0.508 e. The molecule has 3 rings (SSSR count). The molecule has 1 aliphatic rings. The first-order valence-corrected chi connectivity index (χ1v) is 6.63. The summed E-state index contributed by atoms with van der Waals surface area (Å²) in [6, 6.07) is 11.5. The predicted octanol–water partition coefficient (Wildman–Crippen LogP) is 4.36. The molecule has 0 saturated carbocycles. The summed E-state index contributed by atoms with van der Waals surface area (Å²) in [5.41, 5.74) is -2.26. The summed E-state index contributed by atoms with van der Waals surface area (Å²) in [6.45, 7) is 0. The molecule has 2 aromatic rings. The standard InChI is InChI=1S/C16H11F3N2O2/c17-16(18,19)15(20-21-15)14(11-4-2-1-3-5-11)8-10-6-12(22)9-13(23)7-10/h1-9,22-23H. The van der Waals surface area contributed by atoms with Gasteiger partial charge in [0.05, 0.1) is 0 Å². The maximum Gasteiger partial charge on any atom is 0.442 e. The van der Waals surface area contributed by atoms with Gasteiger partial charge >= 0.3 is 11.8 Å². The largest absolute Gasteiger partial charge is 0.508 e. The van der Waals surface area contributed by atoms with E-state index in [9.17, 15) is 23.4 Å². The SMILES string of the molecule is Oc1cc(O)cc(C=C(c2ccccc2)C2(C(F)(F)F)N=N2)c1. The molecule has 0 aromatic heterocycles. The molecule has 0 unspecified atom stereocenters. The molecule has 0 radical (unpaired) electrons. The Morgan fingerprint density at radius 3 is 2.00 bits per heavy atom. The molecule has 0 atom stereocenters. The van der Waals surface area contributed by atoms with Gasteiger partial charge in [0.25, 0.3) is 0 Å². The van der Waals surface area contributed by atoms with Crippen LogP contribution in [-0.4, -0.2) is 22.1 Å². The van der Waals surface area contributed by atoms with E-state index in [0.29, 0.717) is 5.56 Å². The highest BCUT2D eigenvalue weighted by Crippen LogP contribution is 2.53. The van der Waals surface area contributed by atoms with Crippen LogP contribution in [0.15, 0.2) is 58.8 Å². The number of phenolic OH excluding ortho intramolecular Hbond substituents is 2. The zero-order chi connectivity index (χ0) is 16.7. The van der Waals surface area contributed by atoms with Crippen molar-refractivity contribution >= 4 is 11.6 Å². The van der Waals surface area contributed by atoms with Gasteiger partial charge in [-0.05, 0) is 29.3 Å². The van der Waals surface area contributed by atoms with Crippen LogP contribution in [0.2, 0.25) is 0 Å². The monoisotopic (exact) mass is 320 g/mol. The van der Waals surface area contributed by atoms with E-state index in [1.807, 2.05) is 0 Å². The molecular formula is C16H11F3N2O2. The quantitative estimate of drug-likeness (QED) is 0.825. The summed E-state index contributed by atoms with van der Waals surface area (Å²) < 4.78 is 40.1. The lowest BCUT2D eigenvalue weighted by Crippen LogP contribution is -2.33. The smallest absolute Gasteiger partial charge is 0.442 e. The Balaban J connectivity index is 2.15. The normalized spacial score (nSPS) is 16.4. The van der Waals surface area contributed by atoms with Crippen LogP contribution in [0.1, 0.15) is 11.1 Å². The second-order valence-corrected chi connectivity index (χ2v) is 5.08. The van der Waals surface area contributed by atoms with E-state index in [1.165, 1.54) is 30.3 Å². The van der Waals surface area contributed by atoms with Gasteiger partial charge in [-0.25, -0.2) is 0 Å². The Morgan fingerprint density at radius 2 is 1.52 bits per heavy atom. The average molecular weight is 320 g/mol. The zero-order valence-corrected chi connectivity index (χ0v) is 11.6. The van der Waals surface area contributed by atoms with Crippen molar-refractivity contribution in [3.63, 3.8) is 0 Å². The summed E-state index contributed by atoms with van der Waals surface area (Å²) in [5.74, 6) is -0.510. The van der Waals surface area contributed by atoms with E-state index in [4.69, 9.17) is 0 Å². The van der Waals surface area contributed by atoms with Gasteiger partial charge in [0.2, 0.25) is 0 Å². The molecule has 4 nitrogen and oxygen atoms in total. The third-order valence-electron chi connectivity index (χ3n) is 3.39. The number of rotatable bonds is 3. The predicted molar refractivity (Wildman–Crippen MR) is 77.7 cm³/mol. The van der Waals surface area contributed by atoms with E-state index < -0.39 is 11.8 Å². The first-order valence-electron chi connectivity index (χ1n) is 6.63. The molecule has 0 aliphatic carbocycles. The Labute approximate surface area is 129 Å². The lowest BCUT2D eigenvalue weighted by molar-refractivity contribution is -0.148. The Hall–Kier alpha value is -2.83. The molecular weight excluding hydrogens is 309 g/mol. The highest BCUT2D eigenvalue weighted by Gasteiger charge is 2.66. The third kappa shape index (κ3) is 2.77. The van der Waals surface area contributed by atoms with Crippen molar-refractivity contribution in [1.29, 1.82) is 0 Å². The number of nitrogens with zero attached hydrogens (tertiary/aromatic N) is 2. The van der Waals surface area contributed by atoms with Crippen LogP contribution in [0.5, 0.6) is 11.5 Å². The summed E-state index contributed by atoms with van der Waals surface area (Å²) in [6.07, 6.45) is -3.46. The molecule has 1 aliphatic heterocycles. The van der Waals surface area contributed by atoms with Gasteiger partial charge in [-0.15, -0.1) is 10.2 Å². The molecule has 2 N–H and O–H groups in total. The number of alkyl halides is 3. The summed E-state index contributed by atoms with van der Waals surface area (Å²) in [7, 11) is 0. The summed E-state index contributed by atoms with van der Waals surface area (Å²) >= 11 is 0. The number of hydrogen-bond acceptors (Lipinski definition) is 4. The maximum atomic E-state index is 13.4. The van der Waals surface area contributed by atoms with Gasteiger partial charge < -0.3 is 10.2 Å². The maximum absolute atomic E-state index is 13.4. The lowest BCUT2D eigenvalue weighted by Gasteiger charge is -2.18. The molecule has 1 heterocycles. The fourth-order valence-corrected chi connectivity index (χ4v) is 2.29. The van der Waals surface area contributed by atoms with Crippen LogP contribution in [0.4, 0.5) is 13.2 Å². The topological polar surface area (TPSA) is 65.2 Å². The van der Waals surface area contributed by atoms with E-state index in [2.05, 4.69) is 10.2 Å². The first kappa shape index (κ1) is 15.1. The minimum atomic E-state index is -4.67. The van der Waals surface area contributed by atoms with E-state index in [0.717, 1.165) is 6.07 Å². The van der Waals surface area contributed by atoms with Gasteiger partial charge in [-0.1, -0.05) is 30.3 Å². The van der Waals surface area contributed by atoms with Gasteiger partial charge in [0, 0.05) is 11.6 Å². The molecule has 118 valence electrons. The fourth-order valence-electron chi connectivity index (χ4n) is 2.29. The van der Waals surface area contributed by atoms with Crippen molar-refractivity contribution in [3.05, 3.63) is 59.7 Å². The van der Waals surface area contributed by atoms with E-state index in [1.54, 1.807) is 18.2 Å². The van der Waals surface area contributed by atoms with Crippen molar-refractivity contribution in [2.24, 2.45) is 10.2 Å². The van der Waals surface area contributed by atoms with Crippen molar-refractivity contribution in [1.82, 2.24) is 0 Å². The van der Waals surface area contributed by atoms with Crippen molar-refractivity contribution < 1.29 is 23.4 Å². The fraction of sp³-hybridized carbons (Fsp3) is 0.125. The van der Waals surface area contributed by atoms with Gasteiger partial charge in [-0.3, -0.25) is 0 Å². The number of halogens is 3. The Morgan fingerprint density at radius 1 is 0.957 bits per heavy atom. The van der Waals surface area contributed by atoms with Gasteiger partial charge in [0.1, 0.15) is 11.5 Å². The Kier molecular flexibility index (Phi) is 3.35. The molecule has 23 heavy (non-hydrogen) atoms. The molecule has 0 saturated heterocycles. The summed E-state index contributed by atoms with van der Waals surface area (Å²) in [4.78, 5) is 0. The van der Waals surface area contributed by atoms with Crippen LogP contribution in [0, 0.1) is 0 Å². The van der Waals surface area contributed by atoms with E-state index in [-0.39, 0.29) is 22.6 Å². The van der Waals surface area contributed by atoms with E-state index >= 15 is 0 Å². The van der Waals surface area contributed by atoms with Gasteiger partial charge in [0.15, 0.2) is 0 Å². The van der Waals surface area contributed by atoms with Crippen LogP contribution in [0.25, 0.3) is 11.6 Å². The molecule has 2 aromatic carbocycles. The second kappa shape index (κ2) is 5.12. The molecule has 0 spiro atoms. The van der Waals surface area contributed by atoms with Crippen molar-refractivity contribution in [2.45, 2.75) is 11.8 Å². The van der Waals surface area contributed by atoms with Crippen LogP contribution in [-0.2, 0) is 0 Å². The molecule has 0 fully saturated rings. The van der Waals surface area contributed by atoms with Crippen molar-refractivity contribution in [2.75, 3.05) is 0 Å². The lowest BCUT2D eigenvalue weighted by atomic mass is 9.92. The third-order valence-corrected chi connectivity index (χ3v) is 3.39. The first-order chi connectivity index (χ1) is 10.8. The zero-order valence-electron chi connectivity index (χ0n) is 11.6. The summed E-state index contributed by atoms with van der Waals surface area (Å²) in [5, 5.41) is 25.5. The number of phenols is 2. The van der Waals surface area contributed by atoms with Crippen LogP contribution >= 0.6 is 0 Å². The number of benzene rings is 2. The van der Waals surface area contributed by atoms with Crippen LogP contribution < -0.4 is 0 Å². The second-order valence-electron chi connectivity index (χ2n) is 5.08. The molecule has 7 heteroatoms. The van der Waals surface area contributed by atoms with Crippen molar-refractivity contribution in [3.8, 4) is 11.5 Å². The minimum absolute atomic E-state index is 0.171. The number of aromatic hydroxyl groups is 2. The molecule has 0 bridgehead atoms. The highest BCUT2D eigenvalue weighted by molar-refractivity contribution is 5.88. The average Bonchev–Trinajstić information content (AvgIpc) is 3.26. The van der Waals surface area contributed by atoms with Crippen LogP contribution in [0.3, 0.4) is 0 Å².